The van der Waals surface area contributed by atoms with Gasteiger partial charge in [-0.25, -0.2) is 0 Å². The summed E-state index contributed by atoms with van der Waals surface area (Å²) in [5.74, 6) is 0.215. The Morgan fingerprint density at radius 2 is 1.60 bits per heavy atom. The molecule has 0 aliphatic carbocycles. The van der Waals surface area contributed by atoms with Crippen LogP contribution in [0.2, 0.25) is 0 Å². The largest absolute Gasteiger partial charge is 0.459 e. The molecule has 4 rings (SSSR count). The minimum Gasteiger partial charge on any atom is -0.459 e. The average Bonchev–Trinajstić information content (AvgIpc) is 3.34. The molecule has 1 N–H and O–H groups in total. The number of hydrogen-bond donors (Lipinski definition) is 1. The van der Waals surface area contributed by atoms with E-state index in [0.717, 1.165) is 12.0 Å². The lowest BCUT2D eigenvalue weighted by Crippen LogP contribution is -2.43. The highest BCUT2D eigenvalue weighted by Gasteiger charge is 2.30. The van der Waals surface area contributed by atoms with E-state index in [9.17, 15) is 9.59 Å². The molecular weight excluding hydrogens is 376 g/mol. The Morgan fingerprint density at radius 1 is 0.933 bits per heavy atom. The molecule has 1 aliphatic heterocycles. The fourth-order valence-corrected chi connectivity index (χ4v) is 3.98. The summed E-state index contributed by atoms with van der Waals surface area (Å²) in [5, 5.41) is 3.26. The number of hydrogen-bond acceptors (Lipinski definition) is 3. The minimum atomic E-state index is -0.106. The van der Waals surface area contributed by atoms with E-state index < -0.39 is 0 Å². The van der Waals surface area contributed by atoms with Gasteiger partial charge in [0, 0.05) is 19.0 Å². The van der Waals surface area contributed by atoms with Gasteiger partial charge >= 0.3 is 0 Å². The maximum Gasteiger partial charge on any atom is 0.289 e. The van der Waals surface area contributed by atoms with Crippen molar-refractivity contribution in [1.82, 2.24) is 10.2 Å². The molecule has 0 spiro atoms. The second-order valence-electron chi connectivity index (χ2n) is 7.71. The molecule has 5 nitrogen and oxygen atoms in total. The quantitative estimate of drug-likeness (QED) is 0.671. The molecular formula is C25H26N2O3. The lowest BCUT2D eigenvalue weighted by molar-refractivity contribution is -0.127. The summed E-state index contributed by atoms with van der Waals surface area (Å²) in [6.07, 6.45) is 3.56. The first-order valence-corrected chi connectivity index (χ1v) is 10.4. The van der Waals surface area contributed by atoms with Crippen LogP contribution in [-0.4, -0.2) is 29.8 Å². The molecule has 1 atom stereocenters. The third kappa shape index (κ3) is 4.79. The van der Waals surface area contributed by atoms with Gasteiger partial charge < -0.3 is 14.6 Å². The normalized spacial score (nSPS) is 15.5. The van der Waals surface area contributed by atoms with Crippen LogP contribution >= 0.6 is 0 Å². The maximum atomic E-state index is 13.0. The van der Waals surface area contributed by atoms with E-state index in [2.05, 4.69) is 29.6 Å². The molecule has 0 saturated carbocycles. The fraction of sp³-hybridized carbons (Fsp3) is 0.280. The smallest absolute Gasteiger partial charge is 0.289 e. The van der Waals surface area contributed by atoms with Crippen molar-refractivity contribution in [3.05, 3.63) is 95.9 Å². The summed E-state index contributed by atoms with van der Waals surface area (Å²) >= 11 is 0. The SMILES string of the molecule is O=C(NC(Cc1ccccc1)c1ccccc1)C1CCN(C(=O)c2ccco2)CC1. The van der Waals surface area contributed by atoms with Gasteiger partial charge in [-0.05, 0) is 42.5 Å². The Morgan fingerprint density at radius 3 is 2.23 bits per heavy atom. The van der Waals surface area contributed by atoms with E-state index in [1.807, 2.05) is 36.4 Å². The van der Waals surface area contributed by atoms with Gasteiger partial charge in [0.2, 0.25) is 5.91 Å². The number of amides is 2. The number of carbonyl (C=O) groups excluding carboxylic acids is 2. The van der Waals surface area contributed by atoms with Crippen molar-refractivity contribution in [3.8, 4) is 0 Å². The second-order valence-corrected chi connectivity index (χ2v) is 7.71. The zero-order valence-corrected chi connectivity index (χ0v) is 16.9. The summed E-state index contributed by atoms with van der Waals surface area (Å²) in [6.45, 7) is 1.12. The number of carbonyl (C=O) groups is 2. The van der Waals surface area contributed by atoms with Crippen LogP contribution in [0.3, 0.4) is 0 Å². The summed E-state index contributed by atoms with van der Waals surface area (Å²) in [6, 6.07) is 23.6. The number of nitrogens with zero attached hydrogens (tertiary/aromatic N) is 1. The predicted octanol–water partition coefficient (Wildman–Crippen LogP) is 4.23. The highest BCUT2D eigenvalue weighted by Crippen LogP contribution is 2.23. The molecule has 3 aromatic rings. The van der Waals surface area contributed by atoms with E-state index in [0.29, 0.717) is 31.7 Å². The summed E-state index contributed by atoms with van der Waals surface area (Å²) in [4.78, 5) is 27.2. The Hall–Kier alpha value is -3.34. The third-order valence-electron chi connectivity index (χ3n) is 5.69. The van der Waals surface area contributed by atoms with E-state index in [1.54, 1.807) is 17.0 Å². The Balaban J connectivity index is 1.39. The Kier molecular flexibility index (Phi) is 6.28. The third-order valence-corrected chi connectivity index (χ3v) is 5.69. The van der Waals surface area contributed by atoms with Crippen molar-refractivity contribution in [2.75, 3.05) is 13.1 Å². The van der Waals surface area contributed by atoms with Gasteiger partial charge in [0.1, 0.15) is 0 Å². The molecule has 2 aromatic carbocycles. The van der Waals surface area contributed by atoms with Gasteiger partial charge in [-0.15, -0.1) is 0 Å². The van der Waals surface area contributed by atoms with Gasteiger partial charge in [0.05, 0.1) is 12.3 Å². The van der Waals surface area contributed by atoms with Crippen LogP contribution < -0.4 is 5.32 Å². The van der Waals surface area contributed by atoms with Gasteiger partial charge in [-0.3, -0.25) is 9.59 Å². The Labute approximate surface area is 176 Å². The molecule has 0 radical (unpaired) electrons. The van der Waals surface area contributed by atoms with Crippen molar-refractivity contribution in [3.63, 3.8) is 0 Å². The molecule has 5 heteroatoms. The predicted molar refractivity (Wildman–Crippen MR) is 115 cm³/mol. The Bertz CT molecular complexity index is 947. The van der Waals surface area contributed by atoms with E-state index in [-0.39, 0.29) is 23.8 Å². The molecule has 0 bridgehead atoms. The summed E-state index contributed by atoms with van der Waals surface area (Å²) in [7, 11) is 0. The zero-order chi connectivity index (χ0) is 20.8. The van der Waals surface area contributed by atoms with Crippen LogP contribution in [0.5, 0.6) is 0 Å². The van der Waals surface area contributed by atoms with Crippen LogP contribution in [0, 0.1) is 5.92 Å². The van der Waals surface area contributed by atoms with Crippen LogP contribution in [-0.2, 0) is 11.2 Å². The average molecular weight is 402 g/mol. The molecule has 2 heterocycles. The number of nitrogens with one attached hydrogen (secondary N) is 1. The van der Waals surface area contributed by atoms with Gasteiger partial charge in [0.25, 0.3) is 5.91 Å². The van der Waals surface area contributed by atoms with Crippen LogP contribution in [0.15, 0.2) is 83.5 Å². The second kappa shape index (κ2) is 9.44. The molecule has 1 unspecified atom stereocenters. The molecule has 1 saturated heterocycles. The maximum absolute atomic E-state index is 13.0. The number of rotatable bonds is 6. The van der Waals surface area contributed by atoms with Crippen molar-refractivity contribution in [2.24, 2.45) is 5.92 Å². The molecule has 1 fully saturated rings. The van der Waals surface area contributed by atoms with Crippen LogP contribution in [0.25, 0.3) is 0 Å². The van der Waals surface area contributed by atoms with Crippen molar-refractivity contribution in [1.29, 1.82) is 0 Å². The molecule has 154 valence electrons. The molecule has 1 aromatic heterocycles. The highest BCUT2D eigenvalue weighted by atomic mass is 16.3. The van der Waals surface area contributed by atoms with Gasteiger partial charge in [-0.2, -0.15) is 0 Å². The van der Waals surface area contributed by atoms with Crippen LogP contribution in [0.4, 0.5) is 0 Å². The molecule has 1 aliphatic rings. The summed E-state index contributed by atoms with van der Waals surface area (Å²) < 4.78 is 5.21. The number of furan rings is 1. The van der Waals surface area contributed by atoms with E-state index >= 15 is 0 Å². The van der Waals surface area contributed by atoms with Gasteiger partial charge in [-0.1, -0.05) is 60.7 Å². The lowest BCUT2D eigenvalue weighted by atomic mass is 9.93. The monoisotopic (exact) mass is 402 g/mol. The topological polar surface area (TPSA) is 62.6 Å². The molecule has 2 amide bonds. The fourth-order valence-electron chi connectivity index (χ4n) is 3.98. The first kappa shape index (κ1) is 20.0. The van der Waals surface area contributed by atoms with Crippen molar-refractivity contribution < 1.29 is 14.0 Å². The number of piperidine rings is 1. The highest BCUT2D eigenvalue weighted by molar-refractivity contribution is 5.91. The number of benzene rings is 2. The first-order chi connectivity index (χ1) is 14.7. The van der Waals surface area contributed by atoms with Gasteiger partial charge in [0.15, 0.2) is 5.76 Å². The lowest BCUT2D eigenvalue weighted by Gasteiger charge is -2.32. The standard InChI is InChI=1S/C25H26N2O3/c28-24(21-13-15-27(16-14-21)25(29)23-12-7-17-30-23)26-22(20-10-5-2-6-11-20)18-19-8-3-1-4-9-19/h1-12,17,21-22H,13-16,18H2,(H,26,28). The minimum absolute atomic E-state index is 0.0601. The van der Waals surface area contributed by atoms with Crippen LogP contribution in [0.1, 0.15) is 40.6 Å². The first-order valence-electron chi connectivity index (χ1n) is 10.4. The number of likely N-dealkylation sites (tertiary alicyclic amines) is 1. The summed E-state index contributed by atoms with van der Waals surface area (Å²) in [5.41, 5.74) is 2.28. The molecule has 30 heavy (non-hydrogen) atoms. The van der Waals surface area contributed by atoms with Crippen molar-refractivity contribution >= 4 is 11.8 Å². The zero-order valence-electron chi connectivity index (χ0n) is 16.9. The van der Waals surface area contributed by atoms with Crippen molar-refractivity contribution in [2.45, 2.75) is 25.3 Å². The van der Waals surface area contributed by atoms with E-state index in [4.69, 9.17) is 4.42 Å². The van der Waals surface area contributed by atoms with E-state index in [1.165, 1.54) is 11.8 Å².